The van der Waals surface area contributed by atoms with E-state index in [-0.39, 0.29) is 11.9 Å². The molecule has 4 rings (SSSR count). The molecular formula is C20H23N5O. The van der Waals surface area contributed by atoms with Gasteiger partial charge in [0.2, 0.25) is 5.91 Å². The van der Waals surface area contributed by atoms with Gasteiger partial charge in [0.15, 0.2) is 0 Å². The minimum absolute atomic E-state index is 0.00274. The molecule has 1 amide bonds. The van der Waals surface area contributed by atoms with Crippen molar-refractivity contribution in [2.45, 2.75) is 38.1 Å². The molecule has 0 spiro atoms. The van der Waals surface area contributed by atoms with Crippen LogP contribution in [0.15, 0.2) is 49.1 Å². The van der Waals surface area contributed by atoms with E-state index in [1.54, 1.807) is 18.7 Å². The molecule has 134 valence electrons. The number of benzene rings is 1. The van der Waals surface area contributed by atoms with E-state index in [9.17, 15) is 4.79 Å². The molecule has 1 atom stereocenters. The van der Waals surface area contributed by atoms with Crippen molar-refractivity contribution in [1.29, 1.82) is 0 Å². The van der Waals surface area contributed by atoms with Gasteiger partial charge in [0.1, 0.15) is 5.82 Å². The quantitative estimate of drug-likeness (QED) is 0.770. The maximum atomic E-state index is 12.4. The highest BCUT2D eigenvalue weighted by Crippen LogP contribution is 2.34. The highest BCUT2D eigenvalue weighted by Gasteiger charge is 2.24. The van der Waals surface area contributed by atoms with E-state index >= 15 is 0 Å². The van der Waals surface area contributed by atoms with Gasteiger partial charge in [-0.25, -0.2) is 9.67 Å². The minimum atomic E-state index is -0.00274. The number of fused-ring (bicyclic) bond motifs is 1. The van der Waals surface area contributed by atoms with Crippen LogP contribution in [-0.2, 0) is 24.7 Å². The summed E-state index contributed by atoms with van der Waals surface area (Å²) in [6.45, 7) is 0. The Morgan fingerprint density at radius 3 is 3.04 bits per heavy atom. The van der Waals surface area contributed by atoms with Crippen LogP contribution >= 0.6 is 0 Å². The fraction of sp³-hybridized carbons (Fsp3) is 0.350. The lowest BCUT2D eigenvalue weighted by Crippen LogP contribution is -2.22. The van der Waals surface area contributed by atoms with Gasteiger partial charge in [0.05, 0.1) is 18.6 Å². The van der Waals surface area contributed by atoms with Crippen LogP contribution in [0.1, 0.15) is 42.1 Å². The number of carbonyl (C=O) groups is 1. The third-order valence-electron chi connectivity index (χ3n) is 5.10. The largest absolute Gasteiger partial charge is 0.338 e. The summed E-state index contributed by atoms with van der Waals surface area (Å²) in [5, 5.41) is 7.54. The Labute approximate surface area is 152 Å². The van der Waals surface area contributed by atoms with Crippen LogP contribution in [0.2, 0.25) is 0 Å². The number of aryl methyl sites for hydroxylation is 3. The lowest BCUT2D eigenvalue weighted by molar-refractivity contribution is -0.116. The van der Waals surface area contributed by atoms with Gasteiger partial charge in [-0.05, 0) is 36.8 Å². The van der Waals surface area contributed by atoms with Gasteiger partial charge in [-0.2, -0.15) is 5.10 Å². The van der Waals surface area contributed by atoms with Crippen molar-refractivity contribution >= 4 is 11.7 Å². The molecule has 0 saturated carbocycles. The lowest BCUT2D eigenvalue weighted by Gasteiger charge is -2.27. The van der Waals surface area contributed by atoms with Crippen molar-refractivity contribution in [3.8, 4) is 0 Å². The molecule has 0 saturated heterocycles. The average Bonchev–Trinajstić information content (AvgIpc) is 3.28. The van der Waals surface area contributed by atoms with Crippen LogP contribution in [0.25, 0.3) is 0 Å². The van der Waals surface area contributed by atoms with Crippen LogP contribution in [-0.4, -0.2) is 25.2 Å². The van der Waals surface area contributed by atoms with Crippen molar-refractivity contribution < 1.29 is 4.79 Å². The summed E-state index contributed by atoms with van der Waals surface area (Å²) in [6.07, 6.45) is 9.69. The summed E-state index contributed by atoms with van der Waals surface area (Å²) >= 11 is 0. The van der Waals surface area contributed by atoms with Gasteiger partial charge in [0.25, 0.3) is 0 Å². The number of rotatable bonds is 5. The predicted octanol–water partition coefficient (Wildman–Crippen LogP) is 3.11. The third-order valence-corrected chi connectivity index (χ3v) is 5.10. The SMILES string of the molecule is Cn1cncc1CCC(=O)Nc1ccnn1[C@H]1CCCc2ccccc21. The summed E-state index contributed by atoms with van der Waals surface area (Å²) in [5.74, 6) is 0.763. The number of nitrogens with one attached hydrogen (secondary N) is 1. The molecule has 1 aliphatic rings. The Balaban J connectivity index is 1.48. The van der Waals surface area contributed by atoms with E-state index in [1.165, 1.54) is 11.1 Å². The van der Waals surface area contributed by atoms with Gasteiger partial charge in [-0.1, -0.05) is 24.3 Å². The van der Waals surface area contributed by atoms with E-state index < -0.39 is 0 Å². The number of amides is 1. The molecule has 26 heavy (non-hydrogen) atoms. The first-order valence-corrected chi connectivity index (χ1v) is 9.09. The number of nitrogens with zero attached hydrogens (tertiary/aromatic N) is 4. The Kier molecular flexibility index (Phi) is 4.56. The molecule has 6 heteroatoms. The molecule has 6 nitrogen and oxygen atoms in total. The number of imidazole rings is 1. The summed E-state index contributed by atoms with van der Waals surface area (Å²) in [4.78, 5) is 16.5. The highest BCUT2D eigenvalue weighted by molar-refractivity contribution is 5.90. The predicted molar refractivity (Wildman–Crippen MR) is 99.9 cm³/mol. The fourth-order valence-corrected chi connectivity index (χ4v) is 3.72. The van der Waals surface area contributed by atoms with E-state index in [0.717, 1.165) is 30.8 Å². The summed E-state index contributed by atoms with van der Waals surface area (Å²) in [6, 6.07) is 10.6. The maximum absolute atomic E-state index is 12.4. The zero-order valence-corrected chi connectivity index (χ0v) is 14.9. The molecule has 0 radical (unpaired) electrons. The number of aromatic nitrogens is 4. The third kappa shape index (κ3) is 3.27. The second kappa shape index (κ2) is 7.15. The summed E-state index contributed by atoms with van der Waals surface area (Å²) in [5.41, 5.74) is 3.75. The second-order valence-corrected chi connectivity index (χ2v) is 6.81. The maximum Gasteiger partial charge on any atom is 0.225 e. The Morgan fingerprint density at radius 2 is 2.19 bits per heavy atom. The van der Waals surface area contributed by atoms with Crippen molar-refractivity contribution in [2.75, 3.05) is 5.32 Å². The zero-order valence-electron chi connectivity index (χ0n) is 14.9. The van der Waals surface area contributed by atoms with Gasteiger partial charge >= 0.3 is 0 Å². The minimum Gasteiger partial charge on any atom is -0.338 e. The summed E-state index contributed by atoms with van der Waals surface area (Å²) in [7, 11) is 1.94. The normalized spacial score (nSPS) is 16.3. The molecule has 2 aromatic heterocycles. The van der Waals surface area contributed by atoms with E-state index in [0.29, 0.717) is 12.8 Å². The van der Waals surface area contributed by atoms with Crippen LogP contribution in [0.4, 0.5) is 5.82 Å². The van der Waals surface area contributed by atoms with Crippen molar-refractivity contribution in [2.24, 2.45) is 7.05 Å². The molecule has 2 heterocycles. The Morgan fingerprint density at radius 1 is 1.31 bits per heavy atom. The highest BCUT2D eigenvalue weighted by atomic mass is 16.1. The molecule has 0 aliphatic heterocycles. The first kappa shape index (κ1) is 16.6. The van der Waals surface area contributed by atoms with Crippen LogP contribution in [0.5, 0.6) is 0 Å². The van der Waals surface area contributed by atoms with Crippen LogP contribution in [0.3, 0.4) is 0 Å². The molecule has 1 aromatic carbocycles. The molecule has 0 bridgehead atoms. The van der Waals surface area contributed by atoms with E-state index in [2.05, 4.69) is 39.7 Å². The van der Waals surface area contributed by atoms with Crippen molar-refractivity contribution in [3.63, 3.8) is 0 Å². The number of anilines is 1. The monoisotopic (exact) mass is 349 g/mol. The molecule has 1 N–H and O–H groups in total. The Bertz CT molecular complexity index is 910. The van der Waals surface area contributed by atoms with Crippen molar-refractivity contribution in [3.05, 3.63) is 65.9 Å². The number of hydrogen-bond acceptors (Lipinski definition) is 3. The first-order valence-electron chi connectivity index (χ1n) is 9.09. The zero-order chi connectivity index (χ0) is 17.9. The van der Waals surface area contributed by atoms with E-state index in [1.807, 2.05) is 22.4 Å². The van der Waals surface area contributed by atoms with Crippen LogP contribution < -0.4 is 5.32 Å². The first-order chi connectivity index (χ1) is 12.7. The van der Waals surface area contributed by atoms with Gasteiger partial charge in [-0.15, -0.1) is 0 Å². The van der Waals surface area contributed by atoms with Gasteiger partial charge in [-0.3, -0.25) is 4.79 Å². The fourth-order valence-electron chi connectivity index (χ4n) is 3.72. The second-order valence-electron chi connectivity index (χ2n) is 6.81. The topological polar surface area (TPSA) is 64.7 Å². The van der Waals surface area contributed by atoms with Gasteiger partial charge < -0.3 is 9.88 Å². The van der Waals surface area contributed by atoms with Gasteiger partial charge in [0, 0.05) is 31.4 Å². The molecule has 1 aliphatic carbocycles. The number of carbonyl (C=O) groups excluding carboxylic acids is 1. The average molecular weight is 349 g/mol. The van der Waals surface area contributed by atoms with E-state index in [4.69, 9.17) is 0 Å². The summed E-state index contributed by atoms with van der Waals surface area (Å²) < 4.78 is 3.90. The molecular weight excluding hydrogens is 326 g/mol. The number of hydrogen-bond donors (Lipinski definition) is 1. The molecule has 0 fully saturated rings. The van der Waals surface area contributed by atoms with Crippen molar-refractivity contribution in [1.82, 2.24) is 19.3 Å². The van der Waals surface area contributed by atoms with Crippen LogP contribution in [0, 0.1) is 0 Å². The lowest BCUT2D eigenvalue weighted by atomic mass is 9.88. The molecule has 0 unspecified atom stereocenters. The Hall–Kier alpha value is -2.89. The smallest absolute Gasteiger partial charge is 0.225 e. The standard InChI is InChI=1S/C20H23N5O/c1-24-14-21-13-16(24)9-10-20(26)23-19-11-12-22-25(19)18-8-4-6-15-5-2-3-7-17(15)18/h2-3,5,7,11-14,18H,4,6,8-10H2,1H3,(H,23,26)/t18-/m0/s1. The molecule has 3 aromatic rings.